The minimum atomic E-state index is -0.279. The van der Waals surface area contributed by atoms with Gasteiger partial charge in [0.25, 0.3) is 5.91 Å². The third kappa shape index (κ3) is 2.92. The number of benzene rings is 2. The normalized spacial score (nSPS) is 10.7. The molecule has 0 saturated carbocycles. The van der Waals surface area contributed by atoms with Gasteiger partial charge in [0.15, 0.2) is 16.6 Å². The second-order valence-corrected chi connectivity index (χ2v) is 6.47. The lowest BCUT2D eigenvalue weighted by molar-refractivity contribution is 0.102. The van der Waals surface area contributed by atoms with E-state index in [4.69, 9.17) is 9.47 Å². The van der Waals surface area contributed by atoms with Crippen LogP contribution < -0.4 is 14.8 Å². The molecule has 0 bridgehead atoms. The highest BCUT2D eigenvalue weighted by atomic mass is 32.1. The van der Waals surface area contributed by atoms with Gasteiger partial charge in [0.1, 0.15) is 0 Å². The van der Waals surface area contributed by atoms with Crippen LogP contribution in [0.1, 0.15) is 21.5 Å². The molecule has 0 radical (unpaired) electrons. The highest BCUT2D eigenvalue weighted by molar-refractivity contribution is 7.22. The van der Waals surface area contributed by atoms with E-state index >= 15 is 0 Å². The summed E-state index contributed by atoms with van der Waals surface area (Å²) in [6.07, 6.45) is 0. The van der Waals surface area contributed by atoms with Crippen LogP contribution in [-0.2, 0) is 0 Å². The number of aryl methyl sites for hydroxylation is 2. The largest absolute Gasteiger partial charge is 0.493 e. The van der Waals surface area contributed by atoms with E-state index in [2.05, 4.69) is 22.4 Å². The van der Waals surface area contributed by atoms with Gasteiger partial charge in [-0.05, 0) is 43.2 Å². The van der Waals surface area contributed by atoms with E-state index in [1.165, 1.54) is 31.1 Å². The van der Waals surface area contributed by atoms with Gasteiger partial charge >= 0.3 is 0 Å². The van der Waals surface area contributed by atoms with E-state index in [1.54, 1.807) is 18.2 Å². The maximum absolute atomic E-state index is 12.6. The molecule has 6 heteroatoms. The lowest BCUT2D eigenvalue weighted by Crippen LogP contribution is -2.13. The van der Waals surface area contributed by atoms with Crippen LogP contribution >= 0.6 is 11.3 Å². The van der Waals surface area contributed by atoms with Crippen LogP contribution in [0.2, 0.25) is 0 Å². The highest BCUT2D eigenvalue weighted by Crippen LogP contribution is 2.33. The van der Waals surface area contributed by atoms with Crippen LogP contribution in [0.3, 0.4) is 0 Å². The molecule has 2 aromatic carbocycles. The summed E-state index contributed by atoms with van der Waals surface area (Å²) in [7, 11) is 3.05. The van der Waals surface area contributed by atoms with Gasteiger partial charge < -0.3 is 9.47 Å². The van der Waals surface area contributed by atoms with Gasteiger partial charge in [-0.1, -0.05) is 23.5 Å². The molecule has 0 saturated heterocycles. The molecule has 0 atom stereocenters. The van der Waals surface area contributed by atoms with E-state index in [9.17, 15) is 4.79 Å². The number of aromatic nitrogens is 1. The number of ether oxygens (including phenoxy) is 2. The van der Waals surface area contributed by atoms with Gasteiger partial charge in [0, 0.05) is 0 Å². The van der Waals surface area contributed by atoms with Gasteiger partial charge in [-0.3, -0.25) is 10.1 Å². The van der Waals surface area contributed by atoms with Crippen molar-refractivity contribution >= 4 is 32.6 Å². The number of anilines is 1. The first-order valence-electron chi connectivity index (χ1n) is 7.43. The third-order valence-corrected chi connectivity index (χ3v) is 4.62. The molecule has 0 aliphatic rings. The standard InChI is InChI=1S/C18H18N2O3S/c1-10-8-11(2)15-14(9-10)24-18(19-15)20-17(21)12-6-5-7-13(22-3)16(12)23-4/h5-9H,1-4H3,(H,19,20,21). The molecule has 1 amide bonds. The smallest absolute Gasteiger partial charge is 0.261 e. The summed E-state index contributed by atoms with van der Waals surface area (Å²) in [4.78, 5) is 17.1. The Balaban J connectivity index is 1.94. The molecule has 0 aliphatic carbocycles. The number of amides is 1. The molecule has 3 aromatic rings. The number of rotatable bonds is 4. The minimum absolute atomic E-state index is 0.279. The SMILES string of the molecule is COc1cccc(C(=O)Nc2nc3c(C)cc(C)cc3s2)c1OC. The van der Waals surface area contributed by atoms with Crippen molar-refractivity contribution in [2.45, 2.75) is 13.8 Å². The average molecular weight is 342 g/mol. The molecule has 1 heterocycles. The van der Waals surface area contributed by atoms with Gasteiger partial charge in [-0.25, -0.2) is 4.98 Å². The first-order valence-corrected chi connectivity index (χ1v) is 8.25. The van der Waals surface area contributed by atoms with Crippen molar-refractivity contribution in [2.75, 3.05) is 19.5 Å². The number of methoxy groups -OCH3 is 2. The first kappa shape index (κ1) is 16.3. The lowest BCUT2D eigenvalue weighted by atomic mass is 10.1. The second kappa shape index (κ2) is 6.49. The monoisotopic (exact) mass is 342 g/mol. The van der Waals surface area contributed by atoms with Crippen LogP contribution in [0.4, 0.5) is 5.13 Å². The molecule has 0 unspecified atom stereocenters. The van der Waals surface area contributed by atoms with E-state index in [0.29, 0.717) is 22.2 Å². The predicted molar refractivity (Wildman–Crippen MR) is 96.6 cm³/mol. The van der Waals surface area contributed by atoms with Crippen molar-refractivity contribution in [3.63, 3.8) is 0 Å². The number of nitrogens with one attached hydrogen (secondary N) is 1. The van der Waals surface area contributed by atoms with Crippen molar-refractivity contribution in [1.82, 2.24) is 4.98 Å². The fraction of sp³-hybridized carbons (Fsp3) is 0.222. The Hall–Kier alpha value is -2.60. The number of carbonyl (C=O) groups excluding carboxylic acids is 1. The number of hydrogen-bond acceptors (Lipinski definition) is 5. The summed E-state index contributed by atoms with van der Waals surface area (Å²) in [5.74, 6) is 0.644. The summed E-state index contributed by atoms with van der Waals surface area (Å²) in [6.45, 7) is 4.07. The molecule has 24 heavy (non-hydrogen) atoms. The van der Waals surface area contributed by atoms with Gasteiger partial charge in [-0.15, -0.1) is 0 Å². The number of nitrogens with zero attached hydrogens (tertiary/aromatic N) is 1. The van der Waals surface area contributed by atoms with E-state index in [1.807, 2.05) is 13.8 Å². The van der Waals surface area contributed by atoms with E-state index in [-0.39, 0.29) is 5.91 Å². The summed E-state index contributed by atoms with van der Waals surface area (Å²) >= 11 is 1.46. The van der Waals surface area contributed by atoms with Crippen LogP contribution in [0.5, 0.6) is 11.5 Å². The Kier molecular flexibility index (Phi) is 4.40. The van der Waals surface area contributed by atoms with Crippen LogP contribution in [0.15, 0.2) is 30.3 Å². The zero-order valence-electron chi connectivity index (χ0n) is 14.0. The fourth-order valence-electron chi connectivity index (χ4n) is 2.65. The van der Waals surface area contributed by atoms with Crippen molar-refractivity contribution in [3.05, 3.63) is 47.0 Å². The molecule has 0 aliphatic heterocycles. The number of carbonyl (C=O) groups is 1. The Morgan fingerprint density at radius 1 is 1.17 bits per heavy atom. The quantitative estimate of drug-likeness (QED) is 0.772. The van der Waals surface area contributed by atoms with Crippen LogP contribution in [-0.4, -0.2) is 25.1 Å². The number of fused-ring (bicyclic) bond motifs is 1. The molecule has 5 nitrogen and oxygen atoms in total. The molecule has 124 valence electrons. The minimum Gasteiger partial charge on any atom is -0.493 e. The molecule has 0 spiro atoms. The maximum Gasteiger partial charge on any atom is 0.261 e. The zero-order chi connectivity index (χ0) is 17.3. The Morgan fingerprint density at radius 3 is 2.67 bits per heavy atom. The van der Waals surface area contributed by atoms with Crippen molar-refractivity contribution < 1.29 is 14.3 Å². The maximum atomic E-state index is 12.6. The summed E-state index contributed by atoms with van der Waals surface area (Å²) in [6, 6.07) is 9.35. The van der Waals surface area contributed by atoms with Crippen LogP contribution in [0.25, 0.3) is 10.2 Å². The van der Waals surface area contributed by atoms with Gasteiger partial charge in [0.2, 0.25) is 0 Å². The van der Waals surface area contributed by atoms with Crippen molar-refractivity contribution in [3.8, 4) is 11.5 Å². The number of hydrogen-bond donors (Lipinski definition) is 1. The Morgan fingerprint density at radius 2 is 1.96 bits per heavy atom. The number of thiazole rings is 1. The van der Waals surface area contributed by atoms with Crippen LogP contribution in [0, 0.1) is 13.8 Å². The predicted octanol–water partition coefficient (Wildman–Crippen LogP) is 4.18. The summed E-state index contributed by atoms with van der Waals surface area (Å²) in [5.41, 5.74) is 3.60. The lowest BCUT2D eigenvalue weighted by Gasteiger charge is -2.11. The molecule has 0 fully saturated rings. The topological polar surface area (TPSA) is 60.5 Å². The molecule has 1 aromatic heterocycles. The molecule has 1 N–H and O–H groups in total. The molecule has 3 rings (SSSR count). The summed E-state index contributed by atoms with van der Waals surface area (Å²) < 4.78 is 11.6. The Labute approximate surface area is 144 Å². The third-order valence-electron chi connectivity index (χ3n) is 3.70. The van der Waals surface area contributed by atoms with E-state index < -0.39 is 0 Å². The highest BCUT2D eigenvalue weighted by Gasteiger charge is 2.18. The second-order valence-electron chi connectivity index (χ2n) is 5.44. The van der Waals surface area contributed by atoms with Crippen molar-refractivity contribution in [2.24, 2.45) is 0 Å². The van der Waals surface area contributed by atoms with Gasteiger partial charge in [-0.2, -0.15) is 0 Å². The Bertz CT molecular complexity index is 918. The van der Waals surface area contributed by atoms with Crippen molar-refractivity contribution in [1.29, 1.82) is 0 Å². The molecular weight excluding hydrogens is 324 g/mol. The van der Waals surface area contributed by atoms with E-state index in [0.717, 1.165) is 15.8 Å². The summed E-state index contributed by atoms with van der Waals surface area (Å²) in [5, 5.41) is 3.42. The van der Waals surface area contributed by atoms with Gasteiger partial charge in [0.05, 0.1) is 30.0 Å². The first-order chi connectivity index (χ1) is 11.5. The zero-order valence-corrected chi connectivity index (χ0v) is 14.8. The average Bonchev–Trinajstić information content (AvgIpc) is 2.96. The fourth-order valence-corrected chi connectivity index (χ4v) is 3.69. The molecular formula is C18H18N2O3S. The number of para-hydroxylation sites is 1.